The number of hydrogen-bond acceptors (Lipinski definition) is 4. The maximum Gasteiger partial charge on any atom is 0.345 e. The summed E-state index contributed by atoms with van der Waals surface area (Å²) in [5, 5.41) is 18.2. The van der Waals surface area contributed by atoms with Crippen LogP contribution >= 0.6 is 0 Å². The van der Waals surface area contributed by atoms with E-state index in [1.54, 1.807) is 0 Å². The number of carbonyl (C=O) groups is 2. The third kappa shape index (κ3) is 31.7. The van der Waals surface area contributed by atoms with Crippen LogP contribution in [0.15, 0.2) is 0 Å². The largest absolute Gasteiger partial charge is 0.479 e. The third-order valence-electron chi connectivity index (χ3n) is 8.41. The lowest BCUT2D eigenvalue weighted by molar-refractivity contribution is -0.164. The molecule has 0 aromatic carbocycles. The number of aliphatic hydroxyl groups excluding tert-OH is 1. The van der Waals surface area contributed by atoms with Gasteiger partial charge < -0.3 is 14.9 Å². The average Bonchev–Trinajstić information content (AvgIpc) is 2.96. The highest BCUT2D eigenvalue weighted by Gasteiger charge is 2.21. The Morgan fingerprint density at radius 2 is 0.805 bits per heavy atom. The first kappa shape index (κ1) is 39.9. The van der Waals surface area contributed by atoms with Gasteiger partial charge in [0.15, 0.2) is 6.10 Å². The number of aliphatic hydroxyl groups is 1. The Morgan fingerprint density at radius 1 is 0.488 bits per heavy atom. The molecule has 0 rings (SSSR count). The van der Waals surface area contributed by atoms with Crippen LogP contribution in [-0.4, -0.2) is 34.9 Å². The van der Waals surface area contributed by atoms with E-state index in [1.807, 2.05) is 0 Å². The number of esters is 1. The topological polar surface area (TPSA) is 83.8 Å². The van der Waals surface area contributed by atoms with Gasteiger partial charge in [-0.2, -0.15) is 0 Å². The number of unbranched alkanes of at least 4 members (excludes halogenated alkanes) is 27. The van der Waals surface area contributed by atoms with E-state index in [0.29, 0.717) is 19.4 Å². The molecule has 0 saturated carbocycles. The Labute approximate surface area is 255 Å². The van der Waals surface area contributed by atoms with Crippen molar-refractivity contribution in [3.8, 4) is 0 Å². The molecule has 0 fully saturated rings. The molecular formula is C36H70O5. The van der Waals surface area contributed by atoms with Gasteiger partial charge in [-0.25, -0.2) is 4.79 Å². The van der Waals surface area contributed by atoms with Gasteiger partial charge in [-0.05, 0) is 25.7 Å². The molecule has 244 valence electrons. The first-order valence-corrected chi connectivity index (χ1v) is 18.1. The molecule has 2 N–H and O–H groups in total. The van der Waals surface area contributed by atoms with Crippen molar-refractivity contribution in [3.63, 3.8) is 0 Å². The zero-order valence-electron chi connectivity index (χ0n) is 27.3. The molecule has 5 nitrogen and oxygen atoms in total. The highest BCUT2D eigenvalue weighted by Crippen LogP contribution is 2.16. The Hall–Kier alpha value is -1.10. The molecule has 0 heterocycles. The van der Waals surface area contributed by atoms with Crippen molar-refractivity contribution >= 4 is 11.9 Å². The molecule has 1 atom stereocenters. The van der Waals surface area contributed by atoms with Gasteiger partial charge >= 0.3 is 11.9 Å². The van der Waals surface area contributed by atoms with Gasteiger partial charge in [0.1, 0.15) is 0 Å². The molecule has 0 saturated heterocycles. The highest BCUT2D eigenvalue weighted by atomic mass is 16.6. The molecule has 0 aromatic heterocycles. The molecule has 5 heteroatoms. The first-order chi connectivity index (χ1) is 20.1. The molecule has 41 heavy (non-hydrogen) atoms. The van der Waals surface area contributed by atoms with Crippen molar-refractivity contribution in [3.05, 3.63) is 0 Å². The van der Waals surface area contributed by atoms with E-state index in [-0.39, 0.29) is 5.97 Å². The van der Waals surface area contributed by atoms with Crippen LogP contribution in [0.25, 0.3) is 0 Å². The summed E-state index contributed by atoms with van der Waals surface area (Å²) in [6.45, 7) is 2.60. The third-order valence-corrected chi connectivity index (χ3v) is 8.41. The monoisotopic (exact) mass is 583 g/mol. The molecule has 0 aliphatic heterocycles. The number of ether oxygens (including phenoxy) is 1. The van der Waals surface area contributed by atoms with Gasteiger partial charge in [0.25, 0.3) is 0 Å². The van der Waals surface area contributed by atoms with Crippen LogP contribution in [0, 0.1) is 0 Å². The molecule has 0 amide bonds. The van der Waals surface area contributed by atoms with E-state index in [4.69, 9.17) is 9.84 Å². The molecule has 0 aromatic rings. The Bertz CT molecular complexity index is 550. The molecular weight excluding hydrogens is 512 g/mol. The van der Waals surface area contributed by atoms with Gasteiger partial charge in [-0.15, -0.1) is 0 Å². The standard InChI is InChI=1S/C36H70O5/c1-2-3-4-5-6-7-8-9-13-16-19-22-25-28-31-34(36(39)40)41-35(38)32-29-26-23-20-17-14-11-10-12-15-18-21-24-27-30-33-37/h34,37H,2-33H2,1H3,(H,39,40). The van der Waals surface area contributed by atoms with E-state index >= 15 is 0 Å². The highest BCUT2D eigenvalue weighted by molar-refractivity contribution is 5.77. The molecule has 0 aliphatic rings. The van der Waals surface area contributed by atoms with E-state index in [0.717, 1.165) is 44.9 Å². The van der Waals surface area contributed by atoms with Crippen LogP contribution in [0.2, 0.25) is 0 Å². The normalized spacial score (nSPS) is 12.0. The fourth-order valence-electron chi connectivity index (χ4n) is 5.65. The first-order valence-electron chi connectivity index (χ1n) is 18.1. The van der Waals surface area contributed by atoms with Gasteiger partial charge in [0, 0.05) is 13.0 Å². The smallest absolute Gasteiger partial charge is 0.345 e. The van der Waals surface area contributed by atoms with Gasteiger partial charge in [0.05, 0.1) is 0 Å². The number of carbonyl (C=O) groups excluding carboxylic acids is 1. The minimum absolute atomic E-state index is 0.333. The maximum absolute atomic E-state index is 12.2. The second-order valence-electron chi connectivity index (χ2n) is 12.5. The minimum Gasteiger partial charge on any atom is -0.479 e. The summed E-state index contributed by atoms with van der Waals surface area (Å²) in [6, 6.07) is 0. The Balaban J connectivity index is 3.51. The van der Waals surface area contributed by atoms with Crippen molar-refractivity contribution in [2.24, 2.45) is 0 Å². The van der Waals surface area contributed by atoms with Crippen molar-refractivity contribution in [2.75, 3.05) is 6.61 Å². The van der Waals surface area contributed by atoms with Crippen LogP contribution in [0.1, 0.15) is 206 Å². The minimum atomic E-state index is -1.01. The van der Waals surface area contributed by atoms with Gasteiger partial charge in [-0.1, -0.05) is 174 Å². The zero-order chi connectivity index (χ0) is 30.1. The van der Waals surface area contributed by atoms with Crippen molar-refractivity contribution < 1.29 is 24.5 Å². The second-order valence-corrected chi connectivity index (χ2v) is 12.5. The lowest BCUT2D eigenvalue weighted by Crippen LogP contribution is -2.27. The van der Waals surface area contributed by atoms with Crippen molar-refractivity contribution in [2.45, 2.75) is 212 Å². The lowest BCUT2D eigenvalue weighted by Gasteiger charge is -2.13. The predicted octanol–water partition coefficient (Wildman–Crippen LogP) is 11.1. The molecule has 0 spiro atoms. The summed E-state index contributed by atoms with van der Waals surface area (Å²) in [7, 11) is 0. The number of hydrogen-bond donors (Lipinski definition) is 2. The molecule has 0 aliphatic carbocycles. The summed E-state index contributed by atoms with van der Waals surface area (Å²) in [4.78, 5) is 23.7. The maximum atomic E-state index is 12.2. The molecule has 0 radical (unpaired) electrons. The summed E-state index contributed by atoms with van der Waals surface area (Å²) in [6.07, 6.45) is 35.7. The number of carboxylic acid groups (broad SMARTS) is 1. The molecule has 0 bridgehead atoms. The number of rotatable bonds is 34. The average molecular weight is 583 g/mol. The summed E-state index contributed by atoms with van der Waals surface area (Å²) in [5.74, 6) is -1.36. The quantitative estimate of drug-likeness (QED) is 0.0582. The summed E-state index contributed by atoms with van der Waals surface area (Å²) >= 11 is 0. The van der Waals surface area contributed by atoms with E-state index in [2.05, 4.69) is 6.92 Å². The van der Waals surface area contributed by atoms with Crippen LogP contribution in [0.5, 0.6) is 0 Å². The van der Waals surface area contributed by atoms with Crippen LogP contribution in [-0.2, 0) is 14.3 Å². The zero-order valence-corrected chi connectivity index (χ0v) is 27.3. The fraction of sp³-hybridized carbons (Fsp3) is 0.944. The van der Waals surface area contributed by atoms with Crippen molar-refractivity contribution in [1.82, 2.24) is 0 Å². The molecule has 1 unspecified atom stereocenters. The summed E-state index contributed by atoms with van der Waals surface area (Å²) in [5.41, 5.74) is 0. The van der Waals surface area contributed by atoms with Crippen LogP contribution in [0.3, 0.4) is 0 Å². The van der Waals surface area contributed by atoms with E-state index in [1.165, 1.54) is 141 Å². The van der Waals surface area contributed by atoms with Gasteiger partial charge in [0.2, 0.25) is 0 Å². The van der Waals surface area contributed by atoms with E-state index in [9.17, 15) is 14.7 Å². The SMILES string of the molecule is CCCCCCCCCCCCCCCCC(OC(=O)CCCCCCCCCCCCCCCCCO)C(=O)O. The Kier molecular flexibility index (Phi) is 32.5. The lowest BCUT2D eigenvalue weighted by atomic mass is 10.0. The Morgan fingerprint density at radius 3 is 1.15 bits per heavy atom. The predicted molar refractivity (Wildman–Crippen MR) is 173 cm³/mol. The number of carboxylic acids is 1. The van der Waals surface area contributed by atoms with E-state index < -0.39 is 12.1 Å². The summed E-state index contributed by atoms with van der Waals surface area (Å²) < 4.78 is 5.30. The van der Waals surface area contributed by atoms with Crippen LogP contribution in [0.4, 0.5) is 0 Å². The fourth-order valence-corrected chi connectivity index (χ4v) is 5.65. The van der Waals surface area contributed by atoms with Crippen LogP contribution < -0.4 is 0 Å². The van der Waals surface area contributed by atoms with Gasteiger partial charge in [-0.3, -0.25) is 4.79 Å². The second kappa shape index (κ2) is 33.4. The van der Waals surface area contributed by atoms with Crippen molar-refractivity contribution in [1.29, 1.82) is 0 Å². The number of aliphatic carboxylic acids is 1.